The molecule has 128 valence electrons. The Bertz CT molecular complexity index is 1120. The molecule has 26 heavy (non-hydrogen) atoms. The van der Waals surface area contributed by atoms with Crippen LogP contribution in [0.3, 0.4) is 0 Å². The van der Waals surface area contributed by atoms with Crippen LogP contribution >= 0.6 is 0 Å². The number of hydrogen-bond donors (Lipinski definition) is 1. The highest BCUT2D eigenvalue weighted by molar-refractivity contribution is 5.73. The Labute approximate surface area is 144 Å². The first-order valence-electron chi connectivity index (χ1n) is 7.07. The van der Waals surface area contributed by atoms with E-state index >= 15 is 0 Å². The van der Waals surface area contributed by atoms with Gasteiger partial charge < -0.3 is 9.40 Å². The number of furan rings is 1. The Morgan fingerprint density at radius 1 is 1.04 bits per heavy atom. The van der Waals surface area contributed by atoms with Gasteiger partial charge in [-0.25, -0.2) is 0 Å². The second-order valence-electron chi connectivity index (χ2n) is 5.11. The van der Waals surface area contributed by atoms with Gasteiger partial charge in [-0.15, -0.1) is 0 Å². The van der Waals surface area contributed by atoms with Crippen molar-refractivity contribution in [1.82, 2.24) is 4.98 Å². The van der Waals surface area contributed by atoms with Crippen LogP contribution in [0.1, 0.15) is 5.56 Å². The van der Waals surface area contributed by atoms with Gasteiger partial charge in [0.1, 0.15) is 22.3 Å². The maximum atomic E-state index is 12.2. The van der Waals surface area contributed by atoms with Crippen molar-refractivity contribution in [2.45, 2.75) is 0 Å². The van der Waals surface area contributed by atoms with E-state index in [4.69, 9.17) is 4.42 Å². The highest BCUT2D eigenvalue weighted by Gasteiger charge is 2.19. The van der Waals surface area contributed by atoms with Crippen LogP contribution in [0.4, 0.5) is 11.6 Å². The molecule has 0 radical (unpaired) electrons. The fraction of sp³-hybridized carbons (Fsp3) is 0. The molecule has 3 rings (SSSR count). The van der Waals surface area contributed by atoms with Crippen LogP contribution in [-0.4, -0.2) is 14.8 Å². The second kappa shape index (κ2) is 6.33. The fourth-order valence-electron chi connectivity index (χ4n) is 2.35. The number of nitrogens with one attached hydrogen (secondary N) is 1. The van der Waals surface area contributed by atoms with Crippen molar-refractivity contribution in [1.29, 1.82) is 5.26 Å². The average molecular weight is 352 g/mol. The summed E-state index contributed by atoms with van der Waals surface area (Å²) in [6, 6.07) is 11.0. The average Bonchev–Trinajstić information content (AvgIpc) is 3.11. The zero-order valence-electron chi connectivity index (χ0n) is 12.8. The molecule has 3 aromatic rings. The van der Waals surface area contributed by atoms with Gasteiger partial charge in [-0.05, 0) is 29.8 Å². The largest absolute Gasteiger partial charge is 0.433 e. The molecule has 0 aliphatic heterocycles. The molecule has 0 fully saturated rings. The first kappa shape index (κ1) is 16.6. The molecule has 0 saturated carbocycles. The number of aromatic nitrogens is 1. The minimum atomic E-state index is -0.736. The van der Waals surface area contributed by atoms with Gasteiger partial charge in [-0.1, -0.05) is 0 Å². The van der Waals surface area contributed by atoms with Gasteiger partial charge >= 0.3 is 5.88 Å². The lowest BCUT2D eigenvalue weighted by atomic mass is 10.0. The topological polar surface area (TPSA) is 156 Å². The van der Waals surface area contributed by atoms with Crippen LogP contribution in [0.2, 0.25) is 0 Å². The molecule has 2 aromatic heterocycles. The van der Waals surface area contributed by atoms with Crippen LogP contribution < -0.4 is 5.56 Å². The molecule has 1 aromatic carbocycles. The molecular formula is C16H8N4O6. The summed E-state index contributed by atoms with van der Waals surface area (Å²) >= 11 is 0. The number of rotatable bonds is 4. The normalized spacial score (nSPS) is 10.3. The van der Waals surface area contributed by atoms with Crippen LogP contribution in [0, 0.1) is 31.6 Å². The molecular weight excluding hydrogens is 344 g/mol. The number of pyridine rings is 1. The van der Waals surface area contributed by atoms with E-state index in [-0.39, 0.29) is 28.3 Å². The Morgan fingerprint density at radius 3 is 2.27 bits per heavy atom. The molecule has 0 bridgehead atoms. The predicted molar refractivity (Wildman–Crippen MR) is 88.2 cm³/mol. The minimum Gasteiger partial charge on any atom is -0.401 e. The zero-order chi connectivity index (χ0) is 18.8. The van der Waals surface area contributed by atoms with Gasteiger partial charge in [-0.2, -0.15) is 5.26 Å². The lowest BCUT2D eigenvalue weighted by Crippen LogP contribution is -2.12. The second-order valence-corrected chi connectivity index (χ2v) is 5.11. The summed E-state index contributed by atoms with van der Waals surface area (Å²) < 4.78 is 5.08. The lowest BCUT2D eigenvalue weighted by Gasteiger charge is -2.05. The third-order valence-electron chi connectivity index (χ3n) is 3.57. The third-order valence-corrected chi connectivity index (χ3v) is 3.57. The summed E-state index contributed by atoms with van der Waals surface area (Å²) in [4.78, 5) is 34.9. The zero-order valence-corrected chi connectivity index (χ0v) is 12.8. The molecule has 0 unspecified atom stereocenters. The van der Waals surface area contributed by atoms with Gasteiger partial charge in [0, 0.05) is 23.4 Å². The van der Waals surface area contributed by atoms with E-state index in [1.807, 2.05) is 0 Å². The van der Waals surface area contributed by atoms with Crippen LogP contribution in [0.25, 0.3) is 22.6 Å². The van der Waals surface area contributed by atoms with Crippen LogP contribution in [-0.2, 0) is 0 Å². The first-order chi connectivity index (χ1) is 12.4. The Morgan fingerprint density at radius 2 is 1.73 bits per heavy atom. The molecule has 2 heterocycles. The van der Waals surface area contributed by atoms with E-state index < -0.39 is 21.3 Å². The molecule has 0 aliphatic rings. The Balaban J connectivity index is 2.15. The summed E-state index contributed by atoms with van der Waals surface area (Å²) in [5.41, 5.74) is -0.279. The lowest BCUT2D eigenvalue weighted by molar-refractivity contribution is -0.401. The van der Waals surface area contributed by atoms with Crippen molar-refractivity contribution in [3.05, 3.63) is 78.6 Å². The Hall–Kier alpha value is -4.26. The molecule has 0 saturated heterocycles. The molecule has 0 spiro atoms. The van der Waals surface area contributed by atoms with Crippen molar-refractivity contribution < 1.29 is 14.3 Å². The summed E-state index contributed by atoms with van der Waals surface area (Å²) in [6.45, 7) is 0. The van der Waals surface area contributed by atoms with Crippen molar-refractivity contribution in [2.75, 3.05) is 0 Å². The monoisotopic (exact) mass is 352 g/mol. The van der Waals surface area contributed by atoms with Crippen LogP contribution in [0.5, 0.6) is 0 Å². The summed E-state index contributed by atoms with van der Waals surface area (Å²) in [5, 5.41) is 30.7. The Kier molecular flexibility index (Phi) is 4.04. The highest BCUT2D eigenvalue weighted by Crippen LogP contribution is 2.30. The number of nitriles is 1. The van der Waals surface area contributed by atoms with Gasteiger partial charge in [-0.3, -0.25) is 25.0 Å². The van der Waals surface area contributed by atoms with Gasteiger partial charge in [0.2, 0.25) is 0 Å². The standard InChI is InChI=1S/C16H8N4O6/c17-8-12-11(14-5-6-15(26-14)20(24)25)7-13(18-16(12)21)9-1-3-10(4-2-9)19(22)23/h1-7H,(H,18,21). The molecule has 0 aliphatic carbocycles. The highest BCUT2D eigenvalue weighted by atomic mass is 16.6. The molecule has 10 heteroatoms. The number of nitro groups is 2. The number of aromatic amines is 1. The summed E-state index contributed by atoms with van der Waals surface area (Å²) in [5.74, 6) is -0.538. The van der Waals surface area contributed by atoms with E-state index in [0.717, 1.165) is 6.07 Å². The smallest absolute Gasteiger partial charge is 0.401 e. The van der Waals surface area contributed by atoms with Crippen molar-refractivity contribution >= 4 is 11.6 Å². The fourth-order valence-corrected chi connectivity index (χ4v) is 2.35. The number of nitrogens with zero attached hydrogens (tertiary/aromatic N) is 3. The van der Waals surface area contributed by atoms with Crippen molar-refractivity contribution in [2.24, 2.45) is 0 Å². The SMILES string of the molecule is N#Cc1c(-c2ccc([N+](=O)[O-])o2)cc(-c2ccc([N+](=O)[O-])cc2)[nH]c1=O. The molecule has 10 nitrogen and oxygen atoms in total. The number of nitro benzene ring substituents is 1. The molecule has 1 N–H and O–H groups in total. The van der Waals surface area contributed by atoms with Gasteiger partial charge in [0.05, 0.1) is 11.0 Å². The van der Waals surface area contributed by atoms with E-state index in [9.17, 15) is 30.3 Å². The summed E-state index contributed by atoms with van der Waals surface area (Å²) in [6.07, 6.45) is 0. The quantitative estimate of drug-likeness (QED) is 0.558. The molecule has 0 amide bonds. The van der Waals surface area contributed by atoms with Crippen molar-refractivity contribution in [3.8, 4) is 28.7 Å². The first-order valence-corrected chi connectivity index (χ1v) is 7.07. The minimum absolute atomic E-state index is 0.0116. The maximum Gasteiger partial charge on any atom is 0.433 e. The van der Waals surface area contributed by atoms with Crippen LogP contribution in [0.15, 0.2) is 51.7 Å². The number of non-ortho nitro benzene ring substituents is 1. The van der Waals surface area contributed by atoms with E-state index in [1.54, 1.807) is 6.07 Å². The van der Waals surface area contributed by atoms with Gasteiger partial charge in [0.25, 0.3) is 11.2 Å². The predicted octanol–water partition coefficient (Wildman–Crippen LogP) is 2.99. The van der Waals surface area contributed by atoms with E-state index in [0.29, 0.717) is 5.56 Å². The maximum absolute atomic E-state index is 12.2. The molecule has 0 atom stereocenters. The van der Waals surface area contributed by atoms with E-state index in [1.165, 1.54) is 36.4 Å². The third kappa shape index (κ3) is 2.92. The van der Waals surface area contributed by atoms with Crippen molar-refractivity contribution in [3.63, 3.8) is 0 Å². The van der Waals surface area contributed by atoms with Gasteiger partial charge in [0.15, 0.2) is 0 Å². The number of hydrogen-bond acceptors (Lipinski definition) is 7. The van der Waals surface area contributed by atoms with E-state index in [2.05, 4.69) is 4.98 Å². The number of benzene rings is 1. The summed E-state index contributed by atoms with van der Waals surface area (Å²) in [7, 11) is 0. The number of H-pyrrole nitrogens is 1.